The summed E-state index contributed by atoms with van der Waals surface area (Å²) in [6, 6.07) is 4.82. The van der Waals surface area contributed by atoms with Crippen molar-refractivity contribution in [2.45, 2.75) is 30.2 Å². The highest BCUT2D eigenvalue weighted by Crippen LogP contribution is 2.36. The molecule has 21 heavy (non-hydrogen) atoms. The van der Waals surface area contributed by atoms with Gasteiger partial charge in [0.05, 0.1) is 22.7 Å². The first kappa shape index (κ1) is 15.5. The normalized spacial score (nSPS) is 27.2. The Bertz CT molecular complexity index is 649. The lowest BCUT2D eigenvalue weighted by Gasteiger charge is -2.23. The highest BCUT2D eigenvalue weighted by Gasteiger charge is 2.44. The number of nitrogens with one attached hydrogen (secondary N) is 1. The van der Waals surface area contributed by atoms with E-state index in [1.165, 1.54) is 0 Å². The summed E-state index contributed by atoms with van der Waals surface area (Å²) in [6.45, 7) is 0.128. The van der Waals surface area contributed by atoms with E-state index in [1.807, 2.05) is 0 Å². The molecule has 8 heteroatoms. The molecule has 0 radical (unpaired) electrons. The zero-order valence-electron chi connectivity index (χ0n) is 11.4. The smallest absolute Gasteiger partial charge is 0.219 e. The molecule has 1 saturated heterocycles. The van der Waals surface area contributed by atoms with Crippen molar-refractivity contribution in [3.8, 4) is 0 Å². The highest BCUT2D eigenvalue weighted by atomic mass is 35.5. The van der Waals surface area contributed by atoms with Crippen LogP contribution in [0, 0.1) is 0 Å². The average Bonchev–Trinajstić information content (AvgIpc) is 3.11. The predicted octanol–water partition coefficient (Wildman–Crippen LogP) is 2.36. The molecule has 0 bridgehead atoms. The number of sulfonamides is 1. The van der Waals surface area contributed by atoms with E-state index in [2.05, 4.69) is 4.72 Å². The molecule has 2 atom stereocenters. The molecule has 2 aliphatic rings. The van der Waals surface area contributed by atoms with Gasteiger partial charge >= 0.3 is 0 Å². The van der Waals surface area contributed by atoms with E-state index in [0.717, 1.165) is 18.4 Å². The van der Waals surface area contributed by atoms with Gasteiger partial charge in [-0.2, -0.15) is 5.06 Å². The van der Waals surface area contributed by atoms with Crippen LogP contribution in [0.25, 0.3) is 0 Å². The molecule has 1 aliphatic carbocycles. The average molecular weight is 351 g/mol. The largest absolute Gasteiger partial charge is 0.297 e. The summed E-state index contributed by atoms with van der Waals surface area (Å²) in [4.78, 5) is 5.43. The maximum atomic E-state index is 12.5. The Balaban J connectivity index is 1.91. The molecule has 0 spiro atoms. The summed E-state index contributed by atoms with van der Waals surface area (Å²) in [5.41, 5.74) is 0.774. The first-order valence-electron chi connectivity index (χ1n) is 6.70. The third-order valence-electron chi connectivity index (χ3n) is 3.78. The van der Waals surface area contributed by atoms with Gasteiger partial charge in [-0.15, -0.1) is 0 Å². The first-order valence-corrected chi connectivity index (χ1v) is 9.00. The molecular formula is C13H16Cl2N2O3S. The van der Waals surface area contributed by atoms with Crippen LogP contribution in [0.15, 0.2) is 18.2 Å². The van der Waals surface area contributed by atoms with Crippen LogP contribution in [0.1, 0.15) is 24.4 Å². The summed E-state index contributed by atoms with van der Waals surface area (Å²) in [5, 5.41) is 1.75. The van der Waals surface area contributed by atoms with Crippen molar-refractivity contribution in [3.05, 3.63) is 33.8 Å². The second kappa shape index (κ2) is 5.68. The molecule has 3 rings (SSSR count). The number of halogens is 2. The Morgan fingerprint density at radius 1 is 1.29 bits per heavy atom. The minimum Gasteiger partial charge on any atom is -0.297 e. The monoisotopic (exact) mass is 350 g/mol. The topological polar surface area (TPSA) is 58.6 Å². The summed E-state index contributed by atoms with van der Waals surface area (Å²) in [7, 11) is -1.72. The number of hydrogen-bond acceptors (Lipinski definition) is 4. The van der Waals surface area contributed by atoms with Crippen molar-refractivity contribution in [2.75, 3.05) is 13.7 Å². The maximum Gasteiger partial charge on any atom is 0.219 e. The molecule has 1 aromatic rings. The Morgan fingerprint density at radius 3 is 2.62 bits per heavy atom. The molecule has 1 aliphatic heterocycles. The van der Waals surface area contributed by atoms with Gasteiger partial charge in [0.15, 0.2) is 0 Å². The Labute approximate surface area is 134 Å². The summed E-state index contributed by atoms with van der Waals surface area (Å²) in [5.74, 6) is 0. The lowest BCUT2D eigenvalue weighted by atomic mass is 10.0. The van der Waals surface area contributed by atoms with E-state index in [0.29, 0.717) is 10.0 Å². The van der Waals surface area contributed by atoms with Gasteiger partial charge < -0.3 is 0 Å². The molecule has 2 unspecified atom stereocenters. The lowest BCUT2D eigenvalue weighted by Crippen LogP contribution is -2.40. The molecule has 0 aromatic heterocycles. The van der Waals surface area contributed by atoms with E-state index in [1.54, 1.807) is 30.3 Å². The quantitative estimate of drug-likeness (QED) is 0.905. The zero-order valence-corrected chi connectivity index (χ0v) is 13.7. The van der Waals surface area contributed by atoms with Gasteiger partial charge in [-0.3, -0.25) is 4.84 Å². The van der Waals surface area contributed by atoms with Crippen LogP contribution in [0.2, 0.25) is 10.0 Å². The third-order valence-corrected chi connectivity index (χ3v) is 6.37. The zero-order chi connectivity index (χ0) is 15.2. The lowest BCUT2D eigenvalue weighted by molar-refractivity contribution is -0.110. The number of nitrogens with zero attached hydrogens (tertiary/aromatic N) is 1. The number of hydrogen-bond donors (Lipinski definition) is 1. The van der Waals surface area contributed by atoms with Crippen molar-refractivity contribution in [1.29, 1.82) is 0 Å². The molecule has 1 N–H and O–H groups in total. The number of rotatable bonds is 4. The SMILES string of the molecule is CN1OCC(S(=O)(=O)NC2CC2)C1c1ccc(Cl)c(Cl)c1. The van der Waals surface area contributed by atoms with Gasteiger partial charge in [-0.25, -0.2) is 13.1 Å². The number of benzene rings is 1. The molecule has 1 aromatic carbocycles. The predicted molar refractivity (Wildman–Crippen MR) is 81.8 cm³/mol. The van der Waals surface area contributed by atoms with Gasteiger partial charge in [-0.1, -0.05) is 29.3 Å². The van der Waals surface area contributed by atoms with E-state index in [9.17, 15) is 8.42 Å². The van der Waals surface area contributed by atoms with Crippen LogP contribution in [0.3, 0.4) is 0 Å². The second-order valence-corrected chi connectivity index (χ2v) is 8.18. The molecule has 5 nitrogen and oxygen atoms in total. The van der Waals surface area contributed by atoms with Gasteiger partial charge in [0.2, 0.25) is 10.0 Å². The molecule has 2 fully saturated rings. The maximum absolute atomic E-state index is 12.5. The summed E-state index contributed by atoms with van der Waals surface area (Å²) in [6.07, 6.45) is 1.81. The molecule has 1 heterocycles. The van der Waals surface area contributed by atoms with Crippen molar-refractivity contribution in [2.24, 2.45) is 0 Å². The van der Waals surface area contributed by atoms with Crippen LogP contribution >= 0.6 is 23.2 Å². The van der Waals surface area contributed by atoms with Gasteiger partial charge in [0.25, 0.3) is 0 Å². The van der Waals surface area contributed by atoms with Crippen LogP contribution in [-0.4, -0.2) is 38.4 Å². The minimum atomic E-state index is -3.44. The van der Waals surface area contributed by atoms with Crippen molar-refractivity contribution in [3.63, 3.8) is 0 Å². The fourth-order valence-electron chi connectivity index (χ4n) is 2.50. The van der Waals surface area contributed by atoms with Crippen molar-refractivity contribution >= 4 is 33.2 Å². The van der Waals surface area contributed by atoms with Crippen LogP contribution in [0.4, 0.5) is 0 Å². The summed E-state index contributed by atoms with van der Waals surface area (Å²) >= 11 is 12.0. The van der Waals surface area contributed by atoms with E-state index in [4.69, 9.17) is 28.0 Å². The molecular weight excluding hydrogens is 335 g/mol. The Hall–Kier alpha value is -0.370. The molecule has 116 valence electrons. The number of hydroxylamine groups is 2. The fourth-order valence-corrected chi connectivity index (χ4v) is 4.59. The van der Waals surface area contributed by atoms with Crippen LogP contribution in [-0.2, 0) is 14.9 Å². The third kappa shape index (κ3) is 3.21. The summed E-state index contributed by atoms with van der Waals surface area (Å²) < 4.78 is 27.7. The van der Waals surface area contributed by atoms with Gasteiger partial charge in [-0.05, 0) is 30.5 Å². The van der Waals surface area contributed by atoms with Gasteiger partial charge in [0.1, 0.15) is 5.25 Å². The first-order chi connectivity index (χ1) is 9.88. The van der Waals surface area contributed by atoms with E-state index >= 15 is 0 Å². The fraction of sp³-hybridized carbons (Fsp3) is 0.538. The van der Waals surface area contributed by atoms with Crippen molar-refractivity contribution < 1.29 is 13.3 Å². The Morgan fingerprint density at radius 2 is 2.00 bits per heavy atom. The standard InChI is InChI=1S/C13H16Cl2N2O3S/c1-17-13(8-2-5-10(14)11(15)6-8)12(7-20-17)21(18,19)16-9-3-4-9/h2,5-6,9,12-13,16H,3-4,7H2,1H3. The van der Waals surface area contributed by atoms with Crippen LogP contribution < -0.4 is 4.72 Å². The van der Waals surface area contributed by atoms with Crippen LogP contribution in [0.5, 0.6) is 0 Å². The molecule has 0 amide bonds. The van der Waals surface area contributed by atoms with Crippen molar-refractivity contribution in [1.82, 2.24) is 9.79 Å². The molecule has 1 saturated carbocycles. The Kier molecular flexibility index (Phi) is 4.20. The minimum absolute atomic E-state index is 0.0790. The second-order valence-electron chi connectivity index (χ2n) is 5.44. The van der Waals surface area contributed by atoms with E-state index in [-0.39, 0.29) is 12.6 Å². The van der Waals surface area contributed by atoms with E-state index < -0.39 is 21.3 Å². The highest BCUT2D eigenvalue weighted by molar-refractivity contribution is 7.90. The van der Waals surface area contributed by atoms with Gasteiger partial charge in [0, 0.05) is 13.1 Å².